The molecular weight excluding hydrogens is 487 g/mol. The number of nitrogens with zero attached hydrogens (tertiary/aromatic N) is 3. The minimum Gasteiger partial charge on any atom is -0.378 e. The second-order valence-electron chi connectivity index (χ2n) is 9.96. The van der Waals surface area contributed by atoms with Crippen molar-refractivity contribution in [3.8, 4) is 11.1 Å². The SMILES string of the molecule is Cc1ccc(NC(=O)N2CC[C@@H](CC(F)(F)F)C2)cc1-c1cc(NC2COC2)nc(N2CCOCC2)c1. The number of likely N-dealkylation sites (tertiary alicyclic amines) is 1. The van der Waals surface area contributed by atoms with E-state index >= 15 is 0 Å². The first-order valence-electron chi connectivity index (χ1n) is 12.7. The van der Waals surface area contributed by atoms with Gasteiger partial charge in [0.2, 0.25) is 0 Å². The molecule has 0 saturated carbocycles. The summed E-state index contributed by atoms with van der Waals surface area (Å²) in [4.78, 5) is 21.3. The molecule has 200 valence electrons. The molecule has 0 spiro atoms. The van der Waals surface area contributed by atoms with Gasteiger partial charge in [-0.15, -0.1) is 0 Å². The van der Waals surface area contributed by atoms with Crippen molar-refractivity contribution in [1.82, 2.24) is 9.88 Å². The Kier molecular flexibility index (Phi) is 7.43. The number of aryl methyl sites for hydroxylation is 1. The number of carbonyl (C=O) groups excluding carboxylic acids is 1. The Hall–Kier alpha value is -3.05. The van der Waals surface area contributed by atoms with E-state index in [1.165, 1.54) is 4.90 Å². The maximum Gasteiger partial charge on any atom is 0.389 e. The molecule has 0 radical (unpaired) electrons. The maximum atomic E-state index is 12.8. The van der Waals surface area contributed by atoms with Crippen molar-refractivity contribution in [1.29, 1.82) is 0 Å². The highest BCUT2D eigenvalue weighted by Gasteiger charge is 2.36. The second kappa shape index (κ2) is 10.7. The fraction of sp³-hybridized carbons (Fsp3) is 0.538. The van der Waals surface area contributed by atoms with Crippen LogP contribution in [0.25, 0.3) is 11.1 Å². The molecule has 4 heterocycles. The Morgan fingerprint density at radius 3 is 2.59 bits per heavy atom. The van der Waals surface area contributed by atoms with Crippen molar-refractivity contribution < 1.29 is 27.4 Å². The Morgan fingerprint density at radius 2 is 1.89 bits per heavy atom. The molecule has 5 rings (SSSR count). The average molecular weight is 520 g/mol. The molecule has 1 aromatic heterocycles. The zero-order valence-electron chi connectivity index (χ0n) is 20.8. The highest BCUT2D eigenvalue weighted by atomic mass is 19.4. The third kappa shape index (κ3) is 6.45. The number of benzene rings is 1. The van der Waals surface area contributed by atoms with Crippen LogP contribution < -0.4 is 15.5 Å². The van der Waals surface area contributed by atoms with Crippen LogP contribution >= 0.6 is 0 Å². The van der Waals surface area contributed by atoms with Gasteiger partial charge in [-0.1, -0.05) is 6.07 Å². The number of pyridine rings is 1. The van der Waals surface area contributed by atoms with Crippen LogP contribution in [0, 0.1) is 12.8 Å². The number of rotatable bonds is 6. The molecular formula is C26H32F3N5O3. The van der Waals surface area contributed by atoms with Crippen LogP contribution in [-0.4, -0.2) is 80.7 Å². The lowest BCUT2D eigenvalue weighted by molar-refractivity contribution is -0.143. The van der Waals surface area contributed by atoms with Gasteiger partial charge in [0, 0.05) is 38.3 Å². The van der Waals surface area contributed by atoms with Gasteiger partial charge in [-0.2, -0.15) is 13.2 Å². The molecule has 3 fully saturated rings. The lowest BCUT2D eigenvalue weighted by Crippen LogP contribution is -2.41. The molecule has 37 heavy (non-hydrogen) atoms. The minimum atomic E-state index is -4.22. The standard InChI is InChI=1S/C26H32F3N5O3/c1-17-2-3-20(31-25(35)34-5-4-18(14-34)13-26(27,28)29)12-22(17)19-10-23(30-21-15-37-16-21)32-24(11-19)33-6-8-36-9-7-33/h2-3,10-12,18,21H,4-9,13-16H2,1H3,(H,30,32)(H,31,35)/t18-/m0/s1. The molecule has 3 saturated heterocycles. The zero-order chi connectivity index (χ0) is 26.0. The van der Waals surface area contributed by atoms with Crippen molar-refractivity contribution in [2.75, 3.05) is 68.1 Å². The van der Waals surface area contributed by atoms with Crippen LogP contribution in [0.4, 0.5) is 35.3 Å². The molecule has 1 aromatic carbocycles. The number of ether oxygens (including phenoxy) is 2. The van der Waals surface area contributed by atoms with Crippen LogP contribution in [-0.2, 0) is 9.47 Å². The lowest BCUT2D eigenvalue weighted by atomic mass is 10.00. The van der Waals surface area contributed by atoms with E-state index in [2.05, 4.69) is 15.5 Å². The quantitative estimate of drug-likeness (QED) is 0.585. The summed E-state index contributed by atoms with van der Waals surface area (Å²) in [5.74, 6) is 1.06. The molecule has 0 aliphatic carbocycles. The minimum absolute atomic E-state index is 0.108. The normalized spacial score (nSPS) is 20.6. The van der Waals surface area contributed by atoms with Crippen molar-refractivity contribution >= 4 is 23.4 Å². The Balaban J connectivity index is 1.35. The van der Waals surface area contributed by atoms with E-state index in [0.29, 0.717) is 45.1 Å². The summed E-state index contributed by atoms with van der Waals surface area (Å²) < 4.78 is 49.1. The summed E-state index contributed by atoms with van der Waals surface area (Å²) in [7, 11) is 0. The van der Waals surface area contributed by atoms with Gasteiger partial charge < -0.3 is 29.9 Å². The number of hydrogen-bond donors (Lipinski definition) is 2. The van der Waals surface area contributed by atoms with E-state index in [0.717, 1.165) is 41.4 Å². The van der Waals surface area contributed by atoms with Crippen LogP contribution in [0.5, 0.6) is 0 Å². The number of nitrogens with one attached hydrogen (secondary N) is 2. The van der Waals surface area contributed by atoms with E-state index in [1.807, 2.05) is 37.3 Å². The fourth-order valence-electron chi connectivity index (χ4n) is 4.95. The molecule has 0 bridgehead atoms. The molecule has 3 aliphatic rings. The topological polar surface area (TPSA) is 79.0 Å². The largest absolute Gasteiger partial charge is 0.389 e. The maximum absolute atomic E-state index is 12.8. The molecule has 1 atom stereocenters. The number of amides is 2. The summed E-state index contributed by atoms with van der Waals surface area (Å²) in [5.41, 5.74) is 3.52. The highest BCUT2D eigenvalue weighted by molar-refractivity contribution is 5.91. The number of anilines is 3. The van der Waals surface area contributed by atoms with Gasteiger partial charge in [-0.3, -0.25) is 0 Å². The second-order valence-corrected chi connectivity index (χ2v) is 9.96. The Labute approximate surface area is 214 Å². The van der Waals surface area contributed by atoms with Gasteiger partial charge in [0.1, 0.15) is 11.6 Å². The first kappa shape index (κ1) is 25.6. The summed E-state index contributed by atoms with van der Waals surface area (Å²) >= 11 is 0. The van der Waals surface area contributed by atoms with Gasteiger partial charge in [0.25, 0.3) is 0 Å². The van der Waals surface area contributed by atoms with Gasteiger partial charge >= 0.3 is 12.2 Å². The third-order valence-corrected chi connectivity index (χ3v) is 7.03. The fourth-order valence-corrected chi connectivity index (χ4v) is 4.95. The summed E-state index contributed by atoms with van der Waals surface area (Å²) in [6, 6.07) is 9.54. The van der Waals surface area contributed by atoms with Crippen molar-refractivity contribution in [3.05, 3.63) is 35.9 Å². The van der Waals surface area contributed by atoms with E-state index in [1.54, 1.807) is 0 Å². The van der Waals surface area contributed by atoms with Gasteiger partial charge in [0.15, 0.2) is 0 Å². The molecule has 2 N–H and O–H groups in total. The van der Waals surface area contributed by atoms with Crippen molar-refractivity contribution in [2.45, 2.75) is 32.0 Å². The predicted molar refractivity (Wildman–Crippen MR) is 135 cm³/mol. The lowest BCUT2D eigenvalue weighted by Gasteiger charge is -2.30. The number of alkyl halides is 3. The van der Waals surface area contributed by atoms with Gasteiger partial charge in [-0.05, 0) is 60.2 Å². The monoisotopic (exact) mass is 519 g/mol. The molecule has 2 aromatic rings. The number of urea groups is 1. The van der Waals surface area contributed by atoms with Crippen molar-refractivity contribution in [3.63, 3.8) is 0 Å². The van der Waals surface area contributed by atoms with Gasteiger partial charge in [-0.25, -0.2) is 9.78 Å². The highest BCUT2D eigenvalue weighted by Crippen LogP contribution is 2.33. The van der Waals surface area contributed by atoms with Crippen LogP contribution in [0.2, 0.25) is 0 Å². The predicted octanol–water partition coefficient (Wildman–Crippen LogP) is 4.51. The van der Waals surface area contributed by atoms with E-state index in [4.69, 9.17) is 14.5 Å². The third-order valence-electron chi connectivity index (χ3n) is 7.03. The van der Waals surface area contributed by atoms with Crippen LogP contribution in [0.15, 0.2) is 30.3 Å². The molecule has 3 aliphatic heterocycles. The number of hydrogen-bond acceptors (Lipinski definition) is 6. The van der Waals surface area contributed by atoms with E-state index < -0.39 is 18.5 Å². The number of aromatic nitrogens is 1. The number of carbonyl (C=O) groups is 1. The van der Waals surface area contributed by atoms with E-state index in [-0.39, 0.29) is 18.6 Å². The van der Waals surface area contributed by atoms with Crippen LogP contribution in [0.3, 0.4) is 0 Å². The average Bonchev–Trinajstić information content (AvgIpc) is 3.30. The number of morpholine rings is 1. The Morgan fingerprint density at radius 1 is 1.11 bits per heavy atom. The summed E-state index contributed by atoms with van der Waals surface area (Å²) in [5, 5.41) is 6.32. The smallest absolute Gasteiger partial charge is 0.378 e. The van der Waals surface area contributed by atoms with Gasteiger partial charge in [0.05, 0.1) is 32.5 Å². The molecule has 2 amide bonds. The molecule has 11 heteroatoms. The Bertz CT molecular complexity index is 1120. The molecule has 0 unspecified atom stereocenters. The summed E-state index contributed by atoms with van der Waals surface area (Å²) in [6.07, 6.45) is -4.72. The summed E-state index contributed by atoms with van der Waals surface area (Å²) in [6.45, 7) is 6.50. The van der Waals surface area contributed by atoms with Crippen molar-refractivity contribution in [2.24, 2.45) is 5.92 Å². The molecule has 8 nitrogen and oxygen atoms in total. The zero-order valence-corrected chi connectivity index (χ0v) is 20.8. The first-order valence-corrected chi connectivity index (χ1v) is 12.7. The van der Waals surface area contributed by atoms with E-state index in [9.17, 15) is 18.0 Å². The number of halogens is 3. The van der Waals surface area contributed by atoms with Crippen LogP contribution in [0.1, 0.15) is 18.4 Å². The first-order chi connectivity index (χ1) is 17.7.